The van der Waals surface area contributed by atoms with E-state index in [-0.39, 0.29) is 17.9 Å². The zero-order valence-corrected chi connectivity index (χ0v) is 11.1. The summed E-state index contributed by atoms with van der Waals surface area (Å²) in [6.45, 7) is 1.63. The Morgan fingerprint density at radius 3 is 3.15 bits per heavy atom. The molecule has 0 spiro atoms. The third-order valence-electron chi connectivity index (χ3n) is 3.49. The molecule has 106 valence electrons. The molecule has 2 aromatic rings. The number of ether oxygens (including phenoxy) is 1. The van der Waals surface area contributed by atoms with Crippen molar-refractivity contribution in [3.63, 3.8) is 0 Å². The molecule has 3 rings (SSSR count). The number of carbonyl (C=O) groups is 1. The minimum Gasteiger partial charge on any atom is -0.467 e. The summed E-state index contributed by atoms with van der Waals surface area (Å²) in [5.74, 6) is 0.771. The second kappa shape index (κ2) is 5.92. The number of hydrogen-bond acceptors (Lipinski definition) is 4. The maximum absolute atomic E-state index is 12.0. The minimum atomic E-state index is -0.133. The molecule has 1 fully saturated rings. The number of nitrogens with one attached hydrogen (secondary N) is 1. The van der Waals surface area contributed by atoms with Gasteiger partial charge in [-0.25, -0.2) is 0 Å². The van der Waals surface area contributed by atoms with Gasteiger partial charge in [0.15, 0.2) is 0 Å². The molecule has 0 unspecified atom stereocenters. The Morgan fingerprint density at radius 2 is 2.50 bits per heavy atom. The summed E-state index contributed by atoms with van der Waals surface area (Å²) < 4.78 is 12.5. The van der Waals surface area contributed by atoms with Gasteiger partial charge in [0.05, 0.1) is 18.8 Å². The van der Waals surface area contributed by atoms with Gasteiger partial charge in [-0.3, -0.25) is 9.48 Å². The molecule has 1 aliphatic rings. The zero-order valence-electron chi connectivity index (χ0n) is 11.1. The van der Waals surface area contributed by atoms with Crippen molar-refractivity contribution >= 4 is 5.91 Å². The normalized spacial score (nSPS) is 19.9. The van der Waals surface area contributed by atoms with Crippen LogP contribution in [0.3, 0.4) is 0 Å². The predicted molar refractivity (Wildman–Crippen MR) is 71.0 cm³/mol. The van der Waals surface area contributed by atoms with Crippen molar-refractivity contribution in [1.82, 2.24) is 15.1 Å². The van der Waals surface area contributed by atoms with Crippen LogP contribution >= 0.6 is 0 Å². The zero-order chi connectivity index (χ0) is 13.8. The fourth-order valence-corrected chi connectivity index (χ4v) is 2.35. The van der Waals surface area contributed by atoms with E-state index < -0.39 is 0 Å². The number of furan rings is 1. The number of hydrogen-bond donors (Lipinski definition) is 1. The lowest BCUT2D eigenvalue weighted by Gasteiger charge is -2.17. The van der Waals surface area contributed by atoms with Crippen LogP contribution in [0.4, 0.5) is 0 Å². The van der Waals surface area contributed by atoms with Crippen LogP contribution in [0.5, 0.6) is 0 Å². The largest absolute Gasteiger partial charge is 0.467 e. The highest BCUT2D eigenvalue weighted by Gasteiger charge is 2.25. The fourth-order valence-electron chi connectivity index (χ4n) is 2.35. The van der Waals surface area contributed by atoms with Gasteiger partial charge < -0.3 is 14.5 Å². The molecule has 1 amide bonds. The fraction of sp³-hybridized carbons (Fsp3) is 0.429. The van der Waals surface area contributed by atoms with Crippen LogP contribution in [0.15, 0.2) is 41.3 Å². The molecule has 0 bridgehead atoms. The van der Waals surface area contributed by atoms with E-state index in [1.165, 1.54) is 0 Å². The third kappa shape index (κ3) is 2.75. The van der Waals surface area contributed by atoms with E-state index >= 15 is 0 Å². The first kappa shape index (κ1) is 12.9. The van der Waals surface area contributed by atoms with Gasteiger partial charge in [0.1, 0.15) is 11.8 Å². The van der Waals surface area contributed by atoms with E-state index in [9.17, 15) is 4.79 Å². The lowest BCUT2D eigenvalue weighted by molar-refractivity contribution is -0.125. The van der Waals surface area contributed by atoms with Gasteiger partial charge in [-0.05, 0) is 24.6 Å². The average Bonchev–Trinajstić information content (AvgIpc) is 3.22. The van der Waals surface area contributed by atoms with Crippen LogP contribution in [0, 0.1) is 5.92 Å². The second-order valence-corrected chi connectivity index (χ2v) is 4.82. The lowest BCUT2D eigenvalue weighted by atomic mass is 10.1. The van der Waals surface area contributed by atoms with Gasteiger partial charge in [-0.1, -0.05) is 0 Å². The monoisotopic (exact) mass is 275 g/mol. The van der Waals surface area contributed by atoms with Crippen LogP contribution in [0.2, 0.25) is 0 Å². The van der Waals surface area contributed by atoms with Crippen molar-refractivity contribution in [2.45, 2.75) is 12.5 Å². The lowest BCUT2D eigenvalue weighted by Crippen LogP contribution is -2.35. The summed E-state index contributed by atoms with van der Waals surface area (Å²) >= 11 is 0. The van der Waals surface area contributed by atoms with Gasteiger partial charge in [-0.2, -0.15) is 5.10 Å². The molecular formula is C14H17N3O3. The van der Waals surface area contributed by atoms with E-state index in [0.29, 0.717) is 19.8 Å². The Hall–Kier alpha value is -2.08. The quantitative estimate of drug-likeness (QED) is 0.890. The van der Waals surface area contributed by atoms with Gasteiger partial charge in [0, 0.05) is 25.5 Å². The summed E-state index contributed by atoms with van der Waals surface area (Å²) in [6, 6.07) is 5.43. The first-order valence-corrected chi connectivity index (χ1v) is 6.72. The van der Waals surface area contributed by atoms with Crippen LogP contribution in [-0.2, 0) is 9.53 Å². The summed E-state index contributed by atoms with van der Waals surface area (Å²) in [5, 5.41) is 7.19. The van der Waals surface area contributed by atoms with E-state index in [4.69, 9.17) is 9.15 Å². The smallest absolute Gasteiger partial charge is 0.225 e. The minimum absolute atomic E-state index is 0.0335. The highest BCUT2D eigenvalue weighted by molar-refractivity contribution is 5.79. The Morgan fingerprint density at radius 1 is 1.55 bits per heavy atom. The molecule has 1 saturated heterocycles. The summed E-state index contributed by atoms with van der Waals surface area (Å²) in [7, 11) is 0. The molecule has 0 radical (unpaired) electrons. The number of amides is 1. The van der Waals surface area contributed by atoms with E-state index in [2.05, 4.69) is 10.4 Å². The Balaban J connectivity index is 1.66. The first-order valence-electron chi connectivity index (χ1n) is 6.72. The second-order valence-electron chi connectivity index (χ2n) is 4.82. The molecular weight excluding hydrogens is 258 g/mol. The molecule has 1 aliphatic heterocycles. The Labute approximate surface area is 116 Å². The van der Waals surface area contributed by atoms with Crippen molar-refractivity contribution < 1.29 is 13.9 Å². The molecule has 20 heavy (non-hydrogen) atoms. The molecule has 2 atom stereocenters. The van der Waals surface area contributed by atoms with Crippen molar-refractivity contribution in [1.29, 1.82) is 0 Å². The van der Waals surface area contributed by atoms with Crippen LogP contribution < -0.4 is 5.32 Å². The Bertz CT molecular complexity index is 496. The van der Waals surface area contributed by atoms with E-state index in [1.807, 2.05) is 24.4 Å². The molecule has 1 N–H and O–H groups in total. The summed E-state index contributed by atoms with van der Waals surface area (Å²) in [6.07, 6.45) is 5.98. The first-order chi connectivity index (χ1) is 9.84. The van der Waals surface area contributed by atoms with E-state index in [1.54, 1.807) is 17.1 Å². The van der Waals surface area contributed by atoms with Gasteiger partial charge in [0.2, 0.25) is 5.91 Å². The molecule has 6 nitrogen and oxygen atoms in total. The molecule has 0 aliphatic carbocycles. The summed E-state index contributed by atoms with van der Waals surface area (Å²) in [5.41, 5.74) is 0. The molecule has 2 aromatic heterocycles. The van der Waals surface area contributed by atoms with Crippen LogP contribution in [-0.4, -0.2) is 35.4 Å². The van der Waals surface area contributed by atoms with Gasteiger partial charge in [-0.15, -0.1) is 0 Å². The van der Waals surface area contributed by atoms with Crippen LogP contribution in [0.25, 0.3) is 0 Å². The molecule has 3 heterocycles. The molecule has 0 saturated carbocycles. The SMILES string of the molecule is O=C(NC[C@H](c1ccco1)n1cccn1)[C@H]1CCOC1. The topological polar surface area (TPSA) is 69.3 Å². The third-order valence-corrected chi connectivity index (χ3v) is 3.49. The van der Waals surface area contributed by atoms with Crippen molar-refractivity contribution in [3.05, 3.63) is 42.6 Å². The summed E-state index contributed by atoms with van der Waals surface area (Å²) in [4.78, 5) is 12.0. The highest BCUT2D eigenvalue weighted by atomic mass is 16.5. The van der Waals surface area contributed by atoms with Crippen molar-refractivity contribution in [2.75, 3.05) is 19.8 Å². The highest BCUT2D eigenvalue weighted by Crippen LogP contribution is 2.18. The average molecular weight is 275 g/mol. The number of rotatable bonds is 5. The maximum Gasteiger partial charge on any atom is 0.225 e. The number of carbonyl (C=O) groups excluding carboxylic acids is 1. The van der Waals surface area contributed by atoms with Crippen molar-refractivity contribution in [3.8, 4) is 0 Å². The van der Waals surface area contributed by atoms with Crippen molar-refractivity contribution in [2.24, 2.45) is 5.92 Å². The Kier molecular flexibility index (Phi) is 3.83. The standard InChI is InChI=1S/C14H17N3O3/c18-14(11-4-8-19-10-11)15-9-12(13-3-1-7-20-13)17-6-2-5-16-17/h1-3,5-7,11-12H,4,8-10H2,(H,15,18)/t11-,12+/m0/s1. The van der Waals surface area contributed by atoms with Crippen LogP contribution in [0.1, 0.15) is 18.2 Å². The predicted octanol–water partition coefficient (Wildman–Crippen LogP) is 1.22. The molecule has 6 heteroatoms. The molecule has 0 aromatic carbocycles. The van der Waals surface area contributed by atoms with Gasteiger partial charge in [0.25, 0.3) is 0 Å². The number of aromatic nitrogens is 2. The number of nitrogens with zero attached hydrogens (tertiary/aromatic N) is 2. The maximum atomic E-state index is 12.0. The van der Waals surface area contributed by atoms with E-state index in [0.717, 1.165) is 12.2 Å². The van der Waals surface area contributed by atoms with Gasteiger partial charge >= 0.3 is 0 Å².